The molecule has 0 fully saturated rings. The third-order valence-corrected chi connectivity index (χ3v) is 10.4. The van der Waals surface area contributed by atoms with Gasteiger partial charge in [0.1, 0.15) is 16.9 Å². The molecule has 49 heavy (non-hydrogen) atoms. The maximum atomic E-state index is 6.61. The molecule has 5 heteroatoms. The second kappa shape index (κ2) is 9.00. The molecule has 5 nitrogen and oxygen atoms in total. The van der Waals surface area contributed by atoms with Crippen molar-refractivity contribution in [3.05, 3.63) is 146 Å². The molecule has 0 bridgehead atoms. The first kappa shape index (κ1) is 25.4. The lowest BCUT2D eigenvalue weighted by Crippen LogP contribution is -2.04. The molecule has 0 N–H and O–H groups in total. The van der Waals surface area contributed by atoms with Crippen LogP contribution in [-0.2, 0) is 0 Å². The predicted octanol–water partition coefficient (Wildman–Crippen LogP) is 11.4. The van der Waals surface area contributed by atoms with Crippen LogP contribution in [0, 0.1) is 0 Å². The van der Waals surface area contributed by atoms with Gasteiger partial charge in [0.05, 0.1) is 44.0 Å². The number of nitrogens with zero attached hydrogens (tertiary/aromatic N) is 4. The van der Waals surface area contributed by atoms with E-state index >= 15 is 0 Å². The second-order valence-electron chi connectivity index (χ2n) is 13.0. The summed E-state index contributed by atoms with van der Waals surface area (Å²) in [5.41, 5.74) is 13.4. The van der Waals surface area contributed by atoms with Crippen molar-refractivity contribution in [2.75, 3.05) is 0 Å². The fraction of sp³-hybridized carbons (Fsp3) is 0. The average molecular weight is 625 g/mol. The Labute approximate surface area is 278 Å². The molecule has 0 spiro atoms. The minimum atomic E-state index is 0.802. The lowest BCUT2D eigenvalue weighted by molar-refractivity contribution is 0.669. The Kier molecular flexibility index (Phi) is 4.66. The van der Waals surface area contributed by atoms with Gasteiger partial charge in [-0.05, 0) is 71.8 Å². The number of rotatable bonds is 3. The van der Waals surface area contributed by atoms with Gasteiger partial charge in [-0.25, -0.2) is 9.97 Å². The number of hydrogen-bond acceptors (Lipinski definition) is 3. The molecule has 7 aromatic carbocycles. The van der Waals surface area contributed by atoms with Gasteiger partial charge in [0.25, 0.3) is 0 Å². The molecule has 0 saturated heterocycles. The van der Waals surface area contributed by atoms with Gasteiger partial charge in [-0.1, -0.05) is 84.9 Å². The minimum absolute atomic E-state index is 0.802. The molecular formula is C44H24N4O. The molecule has 0 amide bonds. The Morgan fingerprint density at radius 2 is 1.10 bits per heavy atom. The van der Waals surface area contributed by atoms with E-state index in [0.29, 0.717) is 0 Å². The third-order valence-electron chi connectivity index (χ3n) is 10.4. The van der Waals surface area contributed by atoms with Crippen molar-refractivity contribution in [2.24, 2.45) is 0 Å². The van der Waals surface area contributed by atoms with Gasteiger partial charge in [0.2, 0.25) is 0 Å². The van der Waals surface area contributed by atoms with Gasteiger partial charge in [0, 0.05) is 32.5 Å². The van der Waals surface area contributed by atoms with E-state index in [2.05, 4.69) is 136 Å². The van der Waals surface area contributed by atoms with Crippen molar-refractivity contribution in [1.29, 1.82) is 0 Å². The Balaban J connectivity index is 1.28. The highest BCUT2D eigenvalue weighted by Gasteiger charge is 2.27. The van der Waals surface area contributed by atoms with Crippen LogP contribution in [0.2, 0.25) is 0 Å². The quantitative estimate of drug-likeness (QED) is 0.196. The largest absolute Gasteiger partial charge is 0.456 e. The highest BCUT2D eigenvalue weighted by molar-refractivity contribution is 6.37. The summed E-state index contributed by atoms with van der Waals surface area (Å²) in [4.78, 5) is 10.8. The number of aromatic nitrogens is 4. The molecule has 0 unspecified atom stereocenters. The SMILES string of the molecule is c1ccc(-c2cccc(-c3nc4ccccc4nc3-n3c4ccc5oc6ccc7c8ccccc8n8c9cccc3c9c4c5c6c78)c2)cc1. The smallest absolute Gasteiger partial charge is 0.165 e. The summed E-state index contributed by atoms with van der Waals surface area (Å²) in [5.74, 6) is 0.802. The third kappa shape index (κ3) is 3.19. The van der Waals surface area contributed by atoms with Crippen molar-refractivity contribution in [2.45, 2.75) is 0 Å². The summed E-state index contributed by atoms with van der Waals surface area (Å²) in [5, 5.41) is 7.15. The van der Waals surface area contributed by atoms with Gasteiger partial charge in [-0.3, -0.25) is 4.57 Å². The lowest BCUT2D eigenvalue weighted by Gasteiger charge is -2.14. The van der Waals surface area contributed by atoms with Crippen molar-refractivity contribution >= 4 is 82.1 Å². The van der Waals surface area contributed by atoms with Crippen LogP contribution in [0.15, 0.2) is 150 Å². The monoisotopic (exact) mass is 624 g/mol. The van der Waals surface area contributed by atoms with Crippen molar-refractivity contribution in [1.82, 2.24) is 18.9 Å². The summed E-state index contributed by atoms with van der Waals surface area (Å²) in [6.07, 6.45) is 0. The van der Waals surface area contributed by atoms with Crippen LogP contribution < -0.4 is 0 Å². The Morgan fingerprint density at radius 1 is 0.429 bits per heavy atom. The molecule has 0 aliphatic heterocycles. The summed E-state index contributed by atoms with van der Waals surface area (Å²) in [7, 11) is 0. The van der Waals surface area contributed by atoms with Crippen molar-refractivity contribution in [3.63, 3.8) is 0 Å². The van der Waals surface area contributed by atoms with Crippen molar-refractivity contribution in [3.8, 4) is 28.2 Å². The first-order valence-electron chi connectivity index (χ1n) is 16.6. The van der Waals surface area contributed by atoms with E-state index in [1.165, 1.54) is 38.1 Å². The van der Waals surface area contributed by atoms with E-state index in [0.717, 1.165) is 72.2 Å². The maximum absolute atomic E-state index is 6.61. The molecule has 0 aliphatic carbocycles. The van der Waals surface area contributed by atoms with Crippen LogP contribution >= 0.6 is 0 Å². The van der Waals surface area contributed by atoms with Gasteiger partial charge in [0.15, 0.2) is 5.82 Å². The molecule has 12 aromatic rings. The summed E-state index contributed by atoms with van der Waals surface area (Å²) < 4.78 is 11.4. The number of fused-ring (bicyclic) bond motifs is 5. The minimum Gasteiger partial charge on any atom is -0.456 e. The molecule has 12 rings (SSSR count). The zero-order chi connectivity index (χ0) is 31.8. The number of furan rings is 1. The lowest BCUT2D eigenvalue weighted by atomic mass is 10.0. The Morgan fingerprint density at radius 3 is 2.02 bits per heavy atom. The predicted molar refractivity (Wildman–Crippen MR) is 200 cm³/mol. The standard InChI is InChI=1S/C44H24N4O/c1-2-10-25(11-3-1)26-12-8-13-27(24-26)42-44(46-31-16-6-5-15-30(31)45-42)48-34-19-9-18-33-38(34)39-35(48)21-23-36-40(39)41-37(49-36)22-20-29-28-14-4-7-17-32(28)47(33)43(29)41/h1-24H. The fourth-order valence-corrected chi connectivity index (χ4v) is 8.41. The maximum Gasteiger partial charge on any atom is 0.165 e. The van der Waals surface area contributed by atoms with Crippen LogP contribution in [0.4, 0.5) is 0 Å². The molecule has 0 atom stereocenters. The summed E-state index contributed by atoms with van der Waals surface area (Å²) in [6.45, 7) is 0. The second-order valence-corrected chi connectivity index (χ2v) is 13.0. The first-order chi connectivity index (χ1) is 24.3. The molecule has 0 radical (unpaired) electrons. The van der Waals surface area contributed by atoms with Crippen LogP contribution in [0.3, 0.4) is 0 Å². The van der Waals surface area contributed by atoms with E-state index in [4.69, 9.17) is 14.4 Å². The summed E-state index contributed by atoms with van der Waals surface area (Å²) in [6, 6.07) is 51.4. The van der Waals surface area contributed by atoms with Gasteiger partial charge < -0.3 is 8.82 Å². The molecule has 5 heterocycles. The molecule has 0 aliphatic rings. The fourth-order valence-electron chi connectivity index (χ4n) is 8.41. The first-order valence-corrected chi connectivity index (χ1v) is 16.6. The van der Waals surface area contributed by atoms with Crippen LogP contribution in [0.25, 0.3) is 110 Å². The van der Waals surface area contributed by atoms with Crippen LogP contribution in [0.1, 0.15) is 0 Å². The summed E-state index contributed by atoms with van der Waals surface area (Å²) >= 11 is 0. The van der Waals surface area contributed by atoms with Gasteiger partial charge in [-0.15, -0.1) is 0 Å². The molecule has 5 aromatic heterocycles. The molecule has 0 saturated carbocycles. The topological polar surface area (TPSA) is 48.3 Å². The van der Waals surface area contributed by atoms with Gasteiger partial charge >= 0.3 is 0 Å². The number of hydrogen-bond donors (Lipinski definition) is 0. The van der Waals surface area contributed by atoms with Crippen LogP contribution in [-0.4, -0.2) is 18.9 Å². The van der Waals surface area contributed by atoms with E-state index in [1.807, 2.05) is 18.2 Å². The van der Waals surface area contributed by atoms with Crippen molar-refractivity contribution < 1.29 is 4.42 Å². The zero-order valence-corrected chi connectivity index (χ0v) is 26.1. The highest BCUT2D eigenvalue weighted by Crippen LogP contribution is 2.48. The number of para-hydroxylation sites is 3. The number of benzene rings is 7. The van der Waals surface area contributed by atoms with E-state index in [-0.39, 0.29) is 0 Å². The normalized spacial score (nSPS) is 12.5. The van der Waals surface area contributed by atoms with Gasteiger partial charge in [-0.2, -0.15) is 0 Å². The Hall–Kier alpha value is -6.72. The van der Waals surface area contributed by atoms with E-state index in [9.17, 15) is 0 Å². The average Bonchev–Trinajstić information content (AvgIpc) is 3.79. The van der Waals surface area contributed by atoms with E-state index in [1.54, 1.807) is 0 Å². The Bertz CT molecular complexity index is 3270. The zero-order valence-electron chi connectivity index (χ0n) is 26.1. The van der Waals surface area contributed by atoms with E-state index < -0.39 is 0 Å². The van der Waals surface area contributed by atoms with Crippen LogP contribution in [0.5, 0.6) is 0 Å². The molecular weight excluding hydrogens is 601 g/mol. The highest BCUT2D eigenvalue weighted by atomic mass is 16.3. The molecule has 226 valence electrons.